The first-order chi connectivity index (χ1) is 13.2. The molecule has 0 spiro atoms. The maximum atomic E-state index is 6.60. The van der Waals surface area contributed by atoms with Crippen molar-refractivity contribution in [3.8, 4) is 11.5 Å². The van der Waals surface area contributed by atoms with Crippen LogP contribution in [0, 0.1) is 0 Å². The Labute approximate surface area is 169 Å². The van der Waals surface area contributed by atoms with Crippen LogP contribution in [-0.2, 0) is 6.42 Å². The van der Waals surface area contributed by atoms with Crippen molar-refractivity contribution in [2.75, 3.05) is 20.2 Å². The van der Waals surface area contributed by atoms with E-state index in [1.807, 2.05) is 18.2 Å². The minimum Gasteiger partial charge on any atom is -0.495 e. The topological polar surface area (TPSA) is 47.7 Å². The second-order valence-electron chi connectivity index (χ2n) is 7.54. The molecule has 1 fully saturated rings. The van der Waals surface area contributed by atoms with Crippen molar-refractivity contribution in [3.05, 3.63) is 58.1 Å². The molecule has 2 aromatic rings. The standard InChI is InChI=1S/C22H27BrN2O2/c1-26-21-13-17(9-10-19(21)23)27-22-18-7-3-2-5-15(18)8-11-20(22)25-12-4-6-16(24)14-25/h2-3,5,7,9-10,13,16,20,22H,4,6,8,11-12,14,24H2,1H3/t16-,20?,22+/m1/s1. The van der Waals surface area contributed by atoms with Crippen molar-refractivity contribution in [3.63, 3.8) is 0 Å². The van der Waals surface area contributed by atoms with Gasteiger partial charge in [0, 0.05) is 18.7 Å². The summed E-state index contributed by atoms with van der Waals surface area (Å²) in [5.74, 6) is 1.62. The second kappa shape index (κ2) is 8.21. The van der Waals surface area contributed by atoms with Crippen LogP contribution in [0.15, 0.2) is 46.9 Å². The van der Waals surface area contributed by atoms with Gasteiger partial charge in [-0.1, -0.05) is 24.3 Å². The molecule has 0 bridgehead atoms. The van der Waals surface area contributed by atoms with E-state index in [1.54, 1.807) is 7.11 Å². The van der Waals surface area contributed by atoms with Crippen molar-refractivity contribution in [1.82, 2.24) is 4.90 Å². The number of likely N-dealkylation sites (tertiary alicyclic amines) is 1. The van der Waals surface area contributed by atoms with Gasteiger partial charge in [0.2, 0.25) is 0 Å². The molecule has 1 aliphatic carbocycles. The van der Waals surface area contributed by atoms with E-state index in [2.05, 4.69) is 45.1 Å². The fraction of sp³-hybridized carbons (Fsp3) is 0.455. The van der Waals surface area contributed by atoms with Gasteiger partial charge in [0.15, 0.2) is 0 Å². The van der Waals surface area contributed by atoms with Crippen molar-refractivity contribution in [2.45, 2.75) is 43.9 Å². The normalized spacial score (nSPS) is 25.7. The van der Waals surface area contributed by atoms with Crippen molar-refractivity contribution < 1.29 is 9.47 Å². The van der Waals surface area contributed by atoms with Crippen molar-refractivity contribution >= 4 is 15.9 Å². The molecule has 1 aliphatic heterocycles. The summed E-state index contributed by atoms with van der Waals surface area (Å²) in [7, 11) is 1.68. The number of nitrogens with zero attached hydrogens (tertiary/aromatic N) is 1. The monoisotopic (exact) mass is 430 g/mol. The molecule has 144 valence electrons. The smallest absolute Gasteiger partial charge is 0.139 e. The van der Waals surface area contributed by atoms with Crippen LogP contribution in [0.25, 0.3) is 0 Å². The highest BCUT2D eigenvalue weighted by Crippen LogP contribution is 2.39. The van der Waals surface area contributed by atoms with E-state index in [4.69, 9.17) is 15.2 Å². The molecular weight excluding hydrogens is 404 g/mol. The zero-order valence-corrected chi connectivity index (χ0v) is 17.3. The fourth-order valence-electron chi connectivity index (χ4n) is 4.42. The Kier molecular flexibility index (Phi) is 5.71. The van der Waals surface area contributed by atoms with E-state index in [9.17, 15) is 0 Å². The molecule has 0 radical (unpaired) electrons. The number of halogens is 1. The third-order valence-corrected chi connectivity index (χ3v) is 6.42. The van der Waals surface area contributed by atoms with Crippen molar-refractivity contribution in [1.29, 1.82) is 0 Å². The molecule has 2 N–H and O–H groups in total. The van der Waals surface area contributed by atoms with E-state index >= 15 is 0 Å². The molecule has 3 atom stereocenters. The van der Waals surface area contributed by atoms with E-state index in [0.717, 1.165) is 54.7 Å². The Morgan fingerprint density at radius 2 is 2.00 bits per heavy atom. The molecule has 1 saturated heterocycles. The molecule has 0 amide bonds. The van der Waals surface area contributed by atoms with Gasteiger partial charge in [-0.05, 0) is 71.4 Å². The summed E-state index contributed by atoms with van der Waals surface area (Å²) in [6.07, 6.45) is 4.48. The lowest BCUT2D eigenvalue weighted by atomic mass is 9.84. The molecule has 4 rings (SSSR count). The molecule has 0 saturated carbocycles. The van der Waals surface area contributed by atoms with Gasteiger partial charge < -0.3 is 15.2 Å². The largest absolute Gasteiger partial charge is 0.495 e. The van der Waals surface area contributed by atoms with Gasteiger partial charge in [-0.15, -0.1) is 0 Å². The third-order valence-electron chi connectivity index (χ3n) is 5.76. The minimum absolute atomic E-state index is 0.00568. The van der Waals surface area contributed by atoms with Crippen LogP contribution in [0.4, 0.5) is 0 Å². The maximum absolute atomic E-state index is 6.60. The van der Waals surface area contributed by atoms with Gasteiger partial charge in [-0.3, -0.25) is 4.90 Å². The number of aryl methyl sites for hydroxylation is 1. The first-order valence-corrected chi connectivity index (χ1v) is 10.5. The Bertz CT molecular complexity index is 798. The highest BCUT2D eigenvalue weighted by molar-refractivity contribution is 9.10. The fourth-order valence-corrected chi connectivity index (χ4v) is 4.83. The average Bonchev–Trinajstić information content (AvgIpc) is 2.69. The lowest BCUT2D eigenvalue weighted by Gasteiger charge is -2.43. The van der Waals surface area contributed by atoms with Gasteiger partial charge in [-0.2, -0.15) is 0 Å². The summed E-state index contributed by atoms with van der Waals surface area (Å²) in [6.45, 7) is 2.06. The molecule has 4 nitrogen and oxygen atoms in total. The third kappa shape index (κ3) is 4.00. The summed E-state index contributed by atoms with van der Waals surface area (Å²) in [5.41, 5.74) is 8.97. The SMILES string of the molecule is COc1cc(O[C@H]2c3ccccc3CCC2N2CCC[C@@H](N)C2)ccc1Br. The number of methoxy groups -OCH3 is 1. The number of rotatable bonds is 4. The maximum Gasteiger partial charge on any atom is 0.139 e. The zero-order chi connectivity index (χ0) is 18.8. The van der Waals surface area contributed by atoms with Gasteiger partial charge in [0.25, 0.3) is 0 Å². The van der Waals surface area contributed by atoms with Gasteiger partial charge in [0.05, 0.1) is 17.6 Å². The van der Waals surface area contributed by atoms with E-state index in [1.165, 1.54) is 11.1 Å². The summed E-state index contributed by atoms with van der Waals surface area (Å²) in [5, 5.41) is 0. The first kappa shape index (κ1) is 18.8. The average molecular weight is 431 g/mol. The van der Waals surface area contributed by atoms with E-state index in [0.29, 0.717) is 6.04 Å². The molecule has 2 aliphatic rings. The number of fused-ring (bicyclic) bond motifs is 1. The Balaban J connectivity index is 1.66. The Hall–Kier alpha value is -1.56. The number of benzene rings is 2. The minimum atomic E-state index is 0.00568. The number of piperidine rings is 1. The van der Waals surface area contributed by atoms with Crippen LogP contribution in [0.3, 0.4) is 0 Å². The second-order valence-corrected chi connectivity index (χ2v) is 8.39. The lowest BCUT2D eigenvalue weighted by molar-refractivity contribution is 0.0366. The Morgan fingerprint density at radius 3 is 2.81 bits per heavy atom. The van der Waals surface area contributed by atoms with Gasteiger partial charge in [0.1, 0.15) is 17.6 Å². The molecule has 27 heavy (non-hydrogen) atoms. The molecule has 2 aromatic carbocycles. The highest BCUT2D eigenvalue weighted by Gasteiger charge is 2.36. The van der Waals surface area contributed by atoms with E-state index < -0.39 is 0 Å². The van der Waals surface area contributed by atoms with Gasteiger partial charge in [-0.25, -0.2) is 0 Å². The lowest BCUT2D eigenvalue weighted by Crippen LogP contribution is -2.51. The zero-order valence-electron chi connectivity index (χ0n) is 15.7. The van der Waals surface area contributed by atoms with Crippen molar-refractivity contribution in [2.24, 2.45) is 5.73 Å². The predicted octanol–water partition coefficient (Wildman–Crippen LogP) is 4.32. The predicted molar refractivity (Wildman–Crippen MR) is 111 cm³/mol. The number of hydrogen-bond acceptors (Lipinski definition) is 4. The quantitative estimate of drug-likeness (QED) is 0.784. The van der Waals surface area contributed by atoms with Crippen LogP contribution in [0.1, 0.15) is 36.5 Å². The highest BCUT2D eigenvalue weighted by atomic mass is 79.9. The molecule has 5 heteroatoms. The summed E-state index contributed by atoms with van der Waals surface area (Å²) in [4.78, 5) is 2.55. The number of hydrogen-bond donors (Lipinski definition) is 1. The summed E-state index contributed by atoms with van der Waals surface area (Å²) >= 11 is 3.52. The summed E-state index contributed by atoms with van der Waals surface area (Å²) < 4.78 is 13.0. The molecule has 1 unspecified atom stereocenters. The van der Waals surface area contributed by atoms with Crippen LogP contribution in [-0.4, -0.2) is 37.2 Å². The number of ether oxygens (including phenoxy) is 2. The van der Waals surface area contributed by atoms with Crippen LogP contribution in [0.5, 0.6) is 11.5 Å². The summed E-state index contributed by atoms with van der Waals surface area (Å²) in [6, 6.07) is 15.2. The van der Waals surface area contributed by atoms with Crippen LogP contribution >= 0.6 is 15.9 Å². The van der Waals surface area contributed by atoms with E-state index in [-0.39, 0.29) is 12.1 Å². The molecule has 1 heterocycles. The van der Waals surface area contributed by atoms with Crippen LogP contribution < -0.4 is 15.2 Å². The van der Waals surface area contributed by atoms with Gasteiger partial charge >= 0.3 is 0 Å². The Morgan fingerprint density at radius 1 is 1.15 bits per heavy atom. The molecular formula is C22H27BrN2O2. The number of nitrogens with two attached hydrogens (primary N) is 1. The molecule has 0 aromatic heterocycles. The first-order valence-electron chi connectivity index (χ1n) is 9.73. The van der Waals surface area contributed by atoms with Crippen LogP contribution in [0.2, 0.25) is 0 Å².